The van der Waals surface area contributed by atoms with Crippen molar-refractivity contribution in [1.29, 1.82) is 0 Å². The van der Waals surface area contributed by atoms with Crippen LogP contribution in [-0.2, 0) is 24.6 Å². The zero-order valence-electron chi connectivity index (χ0n) is 12.4. The lowest BCUT2D eigenvalue weighted by atomic mass is 9.86. The minimum atomic E-state index is -3.97. The molecule has 7 heteroatoms. The third kappa shape index (κ3) is 4.52. The molecule has 1 aromatic carbocycles. The number of benzene rings is 1. The first-order valence-electron chi connectivity index (χ1n) is 6.54. The Kier molecular flexibility index (Phi) is 5.49. The lowest BCUT2D eigenvalue weighted by Crippen LogP contribution is -2.47. The summed E-state index contributed by atoms with van der Waals surface area (Å²) in [5.41, 5.74) is 5.76. The maximum Gasteiger partial charge on any atom is 0.346 e. The van der Waals surface area contributed by atoms with Crippen molar-refractivity contribution < 1.29 is 22.5 Å². The molecule has 6 nitrogen and oxygen atoms in total. The third-order valence-electron chi connectivity index (χ3n) is 3.19. The van der Waals surface area contributed by atoms with Gasteiger partial charge in [0.1, 0.15) is 5.54 Å². The highest BCUT2D eigenvalue weighted by Crippen LogP contribution is 2.26. The Balaban J connectivity index is 3.17. The molecule has 0 aromatic heterocycles. The first-order chi connectivity index (χ1) is 9.60. The molecule has 0 saturated heterocycles. The molecule has 1 atom stereocenters. The number of carbonyl (C=O) groups is 1. The maximum atomic E-state index is 12.1. The fraction of sp³-hybridized carbons (Fsp3) is 0.500. The van der Waals surface area contributed by atoms with E-state index >= 15 is 0 Å². The van der Waals surface area contributed by atoms with E-state index in [9.17, 15) is 13.2 Å². The number of carbonyl (C=O) groups excluding carboxylic acids is 1. The van der Waals surface area contributed by atoms with Crippen LogP contribution in [0.15, 0.2) is 24.3 Å². The maximum absolute atomic E-state index is 12.1. The molecule has 0 spiro atoms. The van der Waals surface area contributed by atoms with Gasteiger partial charge in [0.2, 0.25) is 0 Å². The van der Waals surface area contributed by atoms with E-state index in [1.807, 2.05) is 26.0 Å². The van der Waals surface area contributed by atoms with Crippen molar-refractivity contribution in [3.05, 3.63) is 35.4 Å². The van der Waals surface area contributed by atoms with Crippen molar-refractivity contribution in [2.45, 2.75) is 31.7 Å². The predicted octanol–water partition coefficient (Wildman–Crippen LogP) is 0.849. The Morgan fingerprint density at radius 3 is 2.24 bits per heavy atom. The largest absolute Gasteiger partial charge is 0.396 e. The molecule has 21 heavy (non-hydrogen) atoms. The summed E-state index contributed by atoms with van der Waals surface area (Å²) in [4.78, 5) is 12.1. The van der Waals surface area contributed by atoms with Crippen molar-refractivity contribution in [3.8, 4) is 0 Å². The number of aliphatic hydroxyl groups is 1. The first kappa shape index (κ1) is 17.6. The second-order valence-corrected chi connectivity index (χ2v) is 6.87. The van der Waals surface area contributed by atoms with Gasteiger partial charge in [-0.25, -0.2) is 4.79 Å². The summed E-state index contributed by atoms with van der Waals surface area (Å²) in [5.74, 6) is -0.789. The minimum Gasteiger partial charge on any atom is -0.396 e. The quantitative estimate of drug-likeness (QED) is 0.754. The van der Waals surface area contributed by atoms with Gasteiger partial charge < -0.3 is 15.0 Å². The highest BCUT2D eigenvalue weighted by molar-refractivity contribution is 7.86. The fourth-order valence-electron chi connectivity index (χ4n) is 1.92. The van der Waals surface area contributed by atoms with Crippen molar-refractivity contribution in [1.82, 2.24) is 0 Å². The first-order valence-corrected chi connectivity index (χ1v) is 8.36. The molecular weight excluding hydrogens is 294 g/mol. The lowest BCUT2D eigenvalue weighted by molar-refractivity contribution is -0.141. The molecule has 3 N–H and O–H groups in total. The molecule has 0 radical (unpaired) electrons. The lowest BCUT2D eigenvalue weighted by Gasteiger charge is -2.26. The minimum absolute atomic E-state index is 0.137. The summed E-state index contributed by atoms with van der Waals surface area (Å²) in [7, 11) is -3.97. The van der Waals surface area contributed by atoms with Crippen LogP contribution in [0.25, 0.3) is 0 Å². The highest BCUT2D eigenvalue weighted by atomic mass is 32.2. The van der Waals surface area contributed by atoms with E-state index in [4.69, 9.17) is 10.8 Å². The van der Waals surface area contributed by atoms with Crippen molar-refractivity contribution in [3.63, 3.8) is 0 Å². The predicted molar refractivity (Wildman–Crippen MR) is 79.0 cm³/mol. The molecule has 0 bridgehead atoms. The highest BCUT2D eigenvalue weighted by Gasteiger charge is 2.39. The summed E-state index contributed by atoms with van der Waals surface area (Å²) in [5, 5.41) is 9.12. The van der Waals surface area contributed by atoms with Crippen LogP contribution in [0.3, 0.4) is 0 Å². The molecule has 118 valence electrons. The number of rotatable bonds is 6. The summed E-state index contributed by atoms with van der Waals surface area (Å²) < 4.78 is 26.6. The average Bonchev–Trinajstić information content (AvgIpc) is 2.37. The van der Waals surface area contributed by atoms with Gasteiger partial charge in [-0.1, -0.05) is 38.1 Å². The van der Waals surface area contributed by atoms with Crippen LogP contribution in [0, 0.1) is 0 Å². The third-order valence-corrected chi connectivity index (χ3v) is 3.64. The summed E-state index contributed by atoms with van der Waals surface area (Å²) >= 11 is 0. The molecule has 1 rings (SSSR count). The van der Waals surface area contributed by atoms with E-state index in [0.29, 0.717) is 11.5 Å². The Morgan fingerprint density at radius 2 is 1.86 bits per heavy atom. The van der Waals surface area contributed by atoms with E-state index in [0.717, 1.165) is 11.8 Å². The fourth-order valence-corrected chi connectivity index (χ4v) is 2.34. The van der Waals surface area contributed by atoms with Gasteiger partial charge in [0.15, 0.2) is 0 Å². The van der Waals surface area contributed by atoms with Crippen molar-refractivity contribution in [2.75, 3.05) is 12.9 Å². The van der Waals surface area contributed by atoms with Gasteiger partial charge in [-0.3, -0.25) is 0 Å². The number of aliphatic hydroxyl groups excluding tert-OH is 1. The average molecular weight is 315 g/mol. The standard InChI is InChI=1S/C14H21NO5S/c1-10(2)11-4-6-12(7-5-11)14(15,8-9-16)13(17)20-21(3,18)19/h4-7,10,16H,8-9,15H2,1-3H3/t14-/m1/s1. The van der Waals surface area contributed by atoms with Crippen LogP contribution in [0.2, 0.25) is 0 Å². The second kappa shape index (κ2) is 6.55. The van der Waals surface area contributed by atoms with E-state index in [-0.39, 0.29) is 13.0 Å². The van der Waals surface area contributed by atoms with E-state index in [1.54, 1.807) is 12.1 Å². The Morgan fingerprint density at radius 1 is 1.33 bits per heavy atom. The number of nitrogens with two attached hydrogens (primary N) is 1. The summed E-state index contributed by atoms with van der Waals surface area (Å²) in [6.45, 7) is 3.67. The van der Waals surface area contributed by atoms with Gasteiger partial charge in [0.05, 0.1) is 6.26 Å². The van der Waals surface area contributed by atoms with Crippen molar-refractivity contribution in [2.24, 2.45) is 5.73 Å². The zero-order valence-corrected chi connectivity index (χ0v) is 13.2. The Labute approximate surface area is 125 Å². The zero-order chi connectivity index (χ0) is 16.3. The SMILES string of the molecule is CC(C)c1ccc([C@](N)(CCO)C(=O)OS(C)(=O)=O)cc1. The molecule has 0 amide bonds. The molecule has 1 aromatic rings. The van der Waals surface area contributed by atoms with E-state index in [1.165, 1.54) is 0 Å². The van der Waals surface area contributed by atoms with Gasteiger partial charge in [-0.2, -0.15) is 8.42 Å². The molecule has 0 saturated carbocycles. The van der Waals surface area contributed by atoms with Crippen LogP contribution < -0.4 is 5.73 Å². The van der Waals surface area contributed by atoms with Gasteiger partial charge in [0, 0.05) is 13.0 Å². The van der Waals surface area contributed by atoms with Crippen LogP contribution in [0.1, 0.15) is 37.3 Å². The van der Waals surface area contributed by atoms with Gasteiger partial charge in [0.25, 0.3) is 0 Å². The Bertz CT molecular complexity index is 594. The Hall–Kier alpha value is -1.44. The normalized spacial score (nSPS) is 14.8. The van der Waals surface area contributed by atoms with Gasteiger partial charge >= 0.3 is 16.1 Å². The van der Waals surface area contributed by atoms with E-state index in [2.05, 4.69) is 4.18 Å². The van der Waals surface area contributed by atoms with Gasteiger partial charge in [-0.15, -0.1) is 0 Å². The van der Waals surface area contributed by atoms with Crippen molar-refractivity contribution >= 4 is 16.1 Å². The molecule has 0 aliphatic rings. The molecule has 0 heterocycles. The molecule has 0 fully saturated rings. The smallest absolute Gasteiger partial charge is 0.346 e. The monoisotopic (exact) mass is 315 g/mol. The summed E-state index contributed by atoms with van der Waals surface area (Å²) in [6, 6.07) is 6.92. The van der Waals surface area contributed by atoms with Crippen LogP contribution in [0.5, 0.6) is 0 Å². The second-order valence-electron chi connectivity index (χ2n) is 5.30. The molecule has 0 aliphatic heterocycles. The van der Waals surface area contributed by atoms with Crippen LogP contribution >= 0.6 is 0 Å². The topological polar surface area (TPSA) is 107 Å². The van der Waals surface area contributed by atoms with Gasteiger partial charge in [-0.05, 0) is 17.0 Å². The molecular formula is C14H21NO5S. The van der Waals surface area contributed by atoms with Crippen LogP contribution in [0.4, 0.5) is 0 Å². The van der Waals surface area contributed by atoms with E-state index < -0.39 is 21.6 Å². The number of hydrogen-bond acceptors (Lipinski definition) is 6. The summed E-state index contributed by atoms with van der Waals surface area (Å²) in [6.07, 6.45) is 0.633. The number of hydrogen-bond donors (Lipinski definition) is 2. The molecule has 0 aliphatic carbocycles. The van der Waals surface area contributed by atoms with Crippen LogP contribution in [-0.4, -0.2) is 32.4 Å². The molecule has 0 unspecified atom stereocenters.